The summed E-state index contributed by atoms with van der Waals surface area (Å²) in [6.45, 7) is 0.941. The van der Waals surface area contributed by atoms with Gasteiger partial charge in [-0.15, -0.1) is 5.10 Å². The molecule has 176 valence electrons. The van der Waals surface area contributed by atoms with Crippen molar-refractivity contribution < 1.29 is 18.7 Å². The zero-order valence-electron chi connectivity index (χ0n) is 19.0. The molecule has 0 aliphatic rings. The fourth-order valence-corrected chi connectivity index (χ4v) is 3.79. The van der Waals surface area contributed by atoms with Crippen LogP contribution in [0.25, 0.3) is 11.0 Å². The molecule has 0 spiro atoms. The fourth-order valence-electron chi connectivity index (χ4n) is 3.79. The third-order valence-electron chi connectivity index (χ3n) is 5.49. The van der Waals surface area contributed by atoms with Gasteiger partial charge in [-0.25, -0.2) is 4.68 Å². The summed E-state index contributed by atoms with van der Waals surface area (Å²) in [5.74, 6) is -0.216. The molecule has 0 saturated carbocycles. The molecule has 0 aliphatic heterocycles. The van der Waals surface area contributed by atoms with Crippen LogP contribution >= 0.6 is 0 Å². The Balaban J connectivity index is 1.63. The summed E-state index contributed by atoms with van der Waals surface area (Å²) in [5, 5.41) is 11.1. The highest BCUT2D eigenvalue weighted by Crippen LogP contribution is 2.23. The number of nitrogens with one attached hydrogen (secondary N) is 1. The smallest absolute Gasteiger partial charge is 0.250 e. The first-order valence-corrected chi connectivity index (χ1v) is 11.1. The Kier molecular flexibility index (Phi) is 7.67. The van der Waals surface area contributed by atoms with Gasteiger partial charge in [-0.05, 0) is 36.2 Å². The summed E-state index contributed by atoms with van der Waals surface area (Å²) >= 11 is 0. The van der Waals surface area contributed by atoms with Crippen LogP contribution in [-0.4, -0.2) is 58.5 Å². The molecule has 2 amide bonds. The van der Waals surface area contributed by atoms with Crippen molar-refractivity contribution >= 4 is 22.8 Å². The lowest BCUT2D eigenvalue weighted by atomic mass is 10.1. The van der Waals surface area contributed by atoms with Gasteiger partial charge >= 0.3 is 0 Å². The number of amides is 2. The number of nitrogens with zero attached hydrogens (tertiary/aromatic N) is 4. The second kappa shape index (κ2) is 11.2. The van der Waals surface area contributed by atoms with E-state index in [1.54, 1.807) is 28.8 Å². The van der Waals surface area contributed by atoms with Crippen molar-refractivity contribution in [2.24, 2.45) is 0 Å². The predicted molar refractivity (Wildman–Crippen MR) is 126 cm³/mol. The van der Waals surface area contributed by atoms with Gasteiger partial charge in [0.2, 0.25) is 5.91 Å². The van der Waals surface area contributed by atoms with E-state index in [2.05, 4.69) is 15.6 Å². The SMILES string of the molecule is COCCNC(=O)[C@@H](c1ccco1)N(CCc1ccccc1)C(=O)Cn1nnc2ccccc21. The Morgan fingerprint density at radius 2 is 1.88 bits per heavy atom. The third-order valence-corrected chi connectivity index (χ3v) is 5.49. The number of para-hydroxylation sites is 1. The summed E-state index contributed by atoms with van der Waals surface area (Å²) in [5.41, 5.74) is 2.51. The third kappa shape index (κ3) is 5.49. The molecule has 4 aromatic rings. The van der Waals surface area contributed by atoms with E-state index in [4.69, 9.17) is 9.15 Å². The highest BCUT2D eigenvalue weighted by atomic mass is 16.5. The predicted octanol–water partition coefficient (Wildman–Crippen LogP) is 2.60. The van der Waals surface area contributed by atoms with Crippen molar-refractivity contribution in [3.05, 3.63) is 84.3 Å². The van der Waals surface area contributed by atoms with Crippen molar-refractivity contribution in [1.82, 2.24) is 25.2 Å². The molecule has 34 heavy (non-hydrogen) atoms. The highest BCUT2D eigenvalue weighted by Gasteiger charge is 2.33. The van der Waals surface area contributed by atoms with Crippen LogP contribution in [0.1, 0.15) is 17.4 Å². The molecule has 0 fully saturated rings. The first kappa shape index (κ1) is 23.2. The molecule has 1 N–H and O–H groups in total. The van der Waals surface area contributed by atoms with Crippen LogP contribution < -0.4 is 5.32 Å². The number of ether oxygens (including phenoxy) is 1. The molecule has 0 saturated heterocycles. The molecular weight excluding hydrogens is 434 g/mol. The van der Waals surface area contributed by atoms with Crippen LogP contribution in [0, 0.1) is 0 Å². The van der Waals surface area contributed by atoms with Crippen molar-refractivity contribution in [2.45, 2.75) is 19.0 Å². The number of aromatic nitrogens is 3. The molecule has 0 radical (unpaired) electrons. The van der Waals surface area contributed by atoms with E-state index in [0.29, 0.717) is 37.4 Å². The van der Waals surface area contributed by atoms with Gasteiger partial charge in [0.25, 0.3) is 5.91 Å². The van der Waals surface area contributed by atoms with E-state index in [9.17, 15) is 9.59 Å². The lowest BCUT2D eigenvalue weighted by Gasteiger charge is -2.30. The van der Waals surface area contributed by atoms with Gasteiger partial charge in [0.1, 0.15) is 17.8 Å². The number of benzene rings is 2. The van der Waals surface area contributed by atoms with E-state index < -0.39 is 6.04 Å². The van der Waals surface area contributed by atoms with Crippen LogP contribution in [0.3, 0.4) is 0 Å². The number of carbonyl (C=O) groups excluding carboxylic acids is 2. The summed E-state index contributed by atoms with van der Waals surface area (Å²) < 4.78 is 12.2. The van der Waals surface area contributed by atoms with Gasteiger partial charge in [-0.2, -0.15) is 0 Å². The second-order valence-corrected chi connectivity index (χ2v) is 7.76. The first-order chi connectivity index (χ1) is 16.7. The average Bonchev–Trinajstić information content (AvgIpc) is 3.53. The minimum Gasteiger partial charge on any atom is -0.467 e. The topological polar surface area (TPSA) is 102 Å². The van der Waals surface area contributed by atoms with Gasteiger partial charge in [-0.1, -0.05) is 47.7 Å². The fraction of sp³-hybridized carbons (Fsp3) is 0.280. The number of hydrogen-bond acceptors (Lipinski definition) is 6. The molecule has 1 atom stereocenters. The zero-order valence-corrected chi connectivity index (χ0v) is 19.0. The van der Waals surface area contributed by atoms with Crippen molar-refractivity contribution in [3.63, 3.8) is 0 Å². The standard InChI is InChI=1S/C25H27N5O4/c1-33-17-14-26-25(32)24(22-12-7-16-34-22)29(15-13-19-8-3-2-4-9-19)23(31)18-30-21-11-6-5-10-20(21)27-28-30/h2-12,16,24H,13-15,17-18H2,1H3,(H,26,32)/t24-/m1/s1. The molecular formula is C25H27N5O4. The maximum atomic E-state index is 13.6. The van der Waals surface area contributed by atoms with Crippen molar-refractivity contribution in [3.8, 4) is 0 Å². The molecule has 0 aliphatic carbocycles. The Morgan fingerprint density at radius 1 is 1.09 bits per heavy atom. The highest BCUT2D eigenvalue weighted by molar-refractivity contribution is 5.88. The number of hydrogen-bond donors (Lipinski definition) is 1. The summed E-state index contributed by atoms with van der Waals surface area (Å²) in [4.78, 5) is 28.4. The van der Waals surface area contributed by atoms with Crippen LogP contribution in [-0.2, 0) is 27.3 Å². The van der Waals surface area contributed by atoms with Crippen LogP contribution in [0.4, 0.5) is 0 Å². The molecule has 0 bridgehead atoms. The Bertz CT molecular complexity index is 1210. The van der Waals surface area contributed by atoms with Gasteiger partial charge in [-0.3, -0.25) is 9.59 Å². The molecule has 4 rings (SSSR count). The minimum absolute atomic E-state index is 0.0577. The number of furan rings is 1. The Morgan fingerprint density at radius 3 is 2.65 bits per heavy atom. The van der Waals surface area contributed by atoms with Crippen molar-refractivity contribution in [1.29, 1.82) is 0 Å². The van der Waals surface area contributed by atoms with Gasteiger partial charge < -0.3 is 19.4 Å². The van der Waals surface area contributed by atoms with Crippen LogP contribution in [0.15, 0.2) is 77.4 Å². The van der Waals surface area contributed by atoms with Gasteiger partial charge in [0.15, 0.2) is 6.04 Å². The lowest BCUT2D eigenvalue weighted by Crippen LogP contribution is -2.46. The monoisotopic (exact) mass is 461 g/mol. The zero-order chi connectivity index (χ0) is 23.8. The quantitative estimate of drug-likeness (QED) is 0.345. The lowest BCUT2D eigenvalue weighted by molar-refractivity contribution is -0.142. The first-order valence-electron chi connectivity index (χ1n) is 11.1. The number of carbonyl (C=O) groups is 2. The van der Waals surface area contributed by atoms with Crippen LogP contribution in [0.2, 0.25) is 0 Å². The van der Waals surface area contributed by atoms with Crippen LogP contribution in [0.5, 0.6) is 0 Å². The maximum absolute atomic E-state index is 13.6. The molecule has 2 aromatic heterocycles. The molecule has 2 aromatic carbocycles. The average molecular weight is 462 g/mol. The van der Waals surface area contributed by atoms with Gasteiger partial charge in [0.05, 0.1) is 18.4 Å². The van der Waals surface area contributed by atoms with Crippen molar-refractivity contribution in [2.75, 3.05) is 26.8 Å². The summed E-state index contributed by atoms with van der Waals surface area (Å²) in [7, 11) is 1.56. The van der Waals surface area contributed by atoms with E-state index in [1.165, 1.54) is 6.26 Å². The van der Waals surface area contributed by atoms with E-state index in [0.717, 1.165) is 11.1 Å². The largest absolute Gasteiger partial charge is 0.467 e. The number of methoxy groups -OCH3 is 1. The number of fused-ring (bicyclic) bond motifs is 1. The summed E-state index contributed by atoms with van der Waals surface area (Å²) in [6.07, 6.45) is 2.07. The maximum Gasteiger partial charge on any atom is 0.250 e. The summed E-state index contributed by atoms with van der Waals surface area (Å²) in [6, 6.07) is 19.7. The molecule has 9 heteroatoms. The van der Waals surface area contributed by atoms with E-state index >= 15 is 0 Å². The normalized spacial score (nSPS) is 11.9. The number of rotatable bonds is 11. The van der Waals surface area contributed by atoms with E-state index in [-0.39, 0.29) is 18.4 Å². The van der Waals surface area contributed by atoms with Gasteiger partial charge in [0, 0.05) is 20.2 Å². The Hall–Kier alpha value is -3.98. The van der Waals surface area contributed by atoms with E-state index in [1.807, 2.05) is 54.6 Å². The second-order valence-electron chi connectivity index (χ2n) is 7.76. The molecule has 9 nitrogen and oxygen atoms in total. The molecule has 2 heterocycles. The Labute approximate surface area is 197 Å². The molecule has 0 unspecified atom stereocenters. The minimum atomic E-state index is -0.933.